The highest BCUT2D eigenvalue weighted by atomic mass is 16.4. The number of hydrogen-bond acceptors (Lipinski definition) is 3. The number of anilines is 1. The van der Waals surface area contributed by atoms with Crippen molar-refractivity contribution in [3.05, 3.63) is 38.7 Å². The summed E-state index contributed by atoms with van der Waals surface area (Å²) in [6.07, 6.45) is 11.1. The summed E-state index contributed by atoms with van der Waals surface area (Å²) in [6.45, 7) is 6.69. The van der Waals surface area contributed by atoms with Crippen molar-refractivity contribution in [3.63, 3.8) is 0 Å². The van der Waals surface area contributed by atoms with Crippen LogP contribution in [0.3, 0.4) is 0 Å². The zero-order valence-electron chi connectivity index (χ0n) is 16.3. The lowest BCUT2D eigenvalue weighted by Gasteiger charge is -2.37. The van der Waals surface area contributed by atoms with Gasteiger partial charge in [0.1, 0.15) is 5.58 Å². The molecule has 4 rings (SSSR count). The Morgan fingerprint density at radius 2 is 1.85 bits per heavy atom. The van der Waals surface area contributed by atoms with Gasteiger partial charge in [-0.05, 0) is 62.1 Å². The second kappa shape index (κ2) is 7.46. The molecule has 0 fully saturated rings. The average Bonchev–Trinajstić information content (AvgIpc) is 2.66. The van der Waals surface area contributed by atoms with Crippen molar-refractivity contribution >= 4 is 16.7 Å². The van der Waals surface area contributed by atoms with Crippen molar-refractivity contribution in [1.29, 1.82) is 0 Å². The third kappa shape index (κ3) is 2.95. The van der Waals surface area contributed by atoms with Crippen LogP contribution in [0, 0.1) is 0 Å². The quantitative estimate of drug-likeness (QED) is 0.530. The number of hydrogen-bond donors (Lipinski definition) is 0. The van der Waals surface area contributed by atoms with E-state index in [1.54, 1.807) is 0 Å². The van der Waals surface area contributed by atoms with Crippen LogP contribution in [0.5, 0.6) is 0 Å². The van der Waals surface area contributed by atoms with Gasteiger partial charge < -0.3 is 9.32 Å². The lowest BCUT2D eigenvalue weighted by Crippen LogP contribution is -2.34. The van der Waals surface area contributed by atoms with Crippen molar-refractivity contribution in [2.75, 3.05) is 18.0 Å². The molecule has 1 aromatic heterocycles. The highest BCUT2D eigenvalue weighted by Gasteiger charge is 2.28. The lowest BCUT2D eigenvalue weighted by atomic mass is 9.87. The van der Waals surface area contributed by atoms with Gasteiger partial charge in [0.25, 0.3) is 0 Å². The van der Waals surface area contributed by atoms with E-state index in [1.807, 2.05) is 0 Å². The Morgan fingerprint density at radius 1 is 1.04 bits per heavy atom. The van der Waals surface area contributed by atoms with E-state index in [0.29, 0.717) is 0 Å². The predicted molar refractivity (Wildman–Crippen MR) is 109 cm³/mol. The number of nitrogens with zero attached hydrogens (tertiary/aromatic N) is 1. The summed E-state index contributed by atoms with van der Waals surface area (Å²) in [5.41, 5.74) is 7.13. The molecule has 0 amide bonds. The first-order valence-corrected chi connectivity index (χ1v) is 10.6. The van der Waals surface area contributed by atoms with Crippen LogP contribution in [0.25, 0.3) is 11.0 Å². The minimum Gasteiger partial charge on any atom is -0.422 e. The van der Waals surface area contributed by atoms with Crippen LogP contribution in [0.1, 0.15) is 74.6 Å². The second-order valence-corrected chi connectivity index (χ2v) is 7.94. The summed E-state index contributed by atoms with van der Waals surface area (Å²) in [5, 5.41) is 1.22. The van der Waals surface area contributed by atoms with E-state index >= 15 is 0 Å². The summed E-state index contributed by atoms with van der Waals surface area (Å²) in [6, 6.07) is 2.35. The first-order valence-electron chi connectivity index (χ1n) is 10.6. The minimum absolute atomic E-state index is 0.0880. The molecule has 0 unspecified atom stereocenters. The van der Waals surface area contributed by atoms with Crippen molar-refractivity contribution in [1.82, 2.24) is 0 Å². The molecule has 0 saturated heterocycles. The maximum Gasteiger partial charge on any atom is 0.339 e. The molecule has 0 N–H and O–H groups in total. The van der Waals surface area contributed by atoms with Crippen molar-refractivity contribution in [3.8, 4) is 0 Å². The smallest absolute Gasteiger partial charge is 0.339 e. The molecule has 3 heterocycles. The monoisotopic (exact) mass is 353 g/mol. The molecular formula is C23H31NO2. The fourth-order valence-electron chi connectivity index (χ4n) is 5.00. The fraction of sp³-hybridized carbons (Fsp3) is 0.609. The van der Waals surface area contributed by atoms with E-state index in [-0.39, 0.29) is 5.63 Å². The maximum absolute atomic E-state index is 12.8. The van der Waals surface area contributed by atoms with Gasteiger partial charge in [0.15, 0.2) is 0 Å². The number of aryl methyl sites for hydroxylation is 3. The molecule has 3 heteroatoms. The molecule has 3 nitrogen and oxygen atoms in total. The molecule has 0 aliphatic carbocycles. The normalized spacial score (nSPS) is 16.2. The molecule has 0 atom stereocenters. The Kier molecular flexibility index (Phi) is 5.06. The van der Waals surface area contributed by atoms with E-state index < -0.39 is 0 Å². The Morgan fingerprint density at radius 3 is 2.62 bits per heavy atom. The first kappa shape index (κ1) is 17.6. The van der Waals surface area contributed by atoms with E-state index in [2.05, 4.69) is 24.8 Å². The Bertz CT molecular complexity index is 863. The third-order valence-corrected chi connectivity index (χ3v) is 6.24. The summed E-state index contributed by atoms with van der Waals surface area (Å²) < 4.78 is 5.98. The van der Waals surface area contributed by atoms with Crippen molar-refractivity contribution in [2.45, 2.75) is 78.1 Å². The van der Waals surface area contributed by atoms with Gasteiger partial charge in [-0.3, -0.25) is 0 Å². The first-order chi connectivity index (χ1) is 12.7. The van der Waals surface area contributed by atoms with Crippen LogP contribution in [0.15, 0.2) is 15.3 Å². The molecule has 2 aromatic rings. The van der Waals surface area contributed by atoms with Crippen LogP contribution in [0.2, 0.25) is 0 Å². The largest absolute Gasteiger partial charge is 0.422 e. The molecular weight excluding hydrogens is 322 g/mol. The molecule has 140 valence electrons. The number of fused-ring (bicyclic) bond motifs is 2. The number of benzene rings is 1. The molecule has 2 aliphatic heterocycles. The predicted octanol–water partition coefficient (Wildman–Crippen LogP) is 5.18. The summed E-state index contributed by atoms with van der Waals surface area (Å²) >= 11 is 0. The van der Waals surface area contributed by atoms with Gasteiger partial charge in [-0.25, -0.2) is 4.79 Å². The number of unbranched alkanes of at least 4 members (excludes halogenated alkanes) is 3. The van der Waals surface area contributed by atoms with E-state index in [9.17, 15) is 4.79 Å². The van der Waals surface area contributed by atoms with Crippen LogP contribution in [0.4, 0.5) is 5.69 Å². The van der Waals surface area contributed by atoms with Gasteiger partial charge in [-0.2, -0.15) is 0 Å². The molecule has 0 saturated carbocycles. The van der Waals surface area contributed by atoms with Gasteiger partial charge in [-0.15, -0.1) is 0 Å². The van der Waals surface area contributed by atoms with Gasteiger partial charge in [-0.1, -0.05) is 33.1 Å². The van der Waals surface area contributed by atoms with Crippen LogP contribution in [-0.2, 0) is 25.7 Å². The van der Waals surface area contributed by atoms with Crippen LogP contribution in [-0.4, -0.2) is 13.1 Å². The zero-order chi connectivity index (χ0) is 18.1. The summed E-state index contributed by atoms with van der Waals surface area (Å²) in [4.78, 5) is 15.3. The second-order valence-electron chi connectivity index (χ2n) is 7.94. The van der Waals surface area contributed by atoms with E-state index in [1.165, 1.54) is 53.4 Å². The molecule has 1 aromatic carbocycles. The van der Waals surface area contributed by atoms with Crippen LogP contribution < -0.4 is 10.5 Å². The Hall–Kier alpha value is -1.77. The fourth-order valence-corrected chi connectivity index (χ4v) is 5.00. The topological polar surface area (TPSA) is 33.5 Å². The van der Waals surface area contributed by atoms with Gasteiger partial charge in [0, 0.05) is 35.3 Å². The molecule has 0 spiro atoms. The van der Waals surface area contributed by atoms with Crippen molar-refractivity contribution < 1.29 is 4.42 Å². The molecule has 2 aliphatic rings. The summed E-state index contributed by atoms with van der Waals surface area (Å²) in [5.74, 6) is 0. The maximum atomic E-state index is 12.8. The molecule has 26 heavy (non-hydrogen) atoms. The zero-order valence-corrected chi connectivity index (χ0v) is 16.3. The standard InChI is InChI=1S/C23H31NO2/c1-3-5-6-7-11-18-17(4-2)20-15-16-10-8-13-24-14-9-12-19(21(16)24)22(20)26-23(18)25/h15H,3-14H2,1-2H3. The van der Waals surface area contributed by atoms with Gasteiger partial charge >= 0.3 is 5.63 Å². The van der Waals surface area contributed by atoms with Gasteiger partial charge in [0.05, 0.1) is 0 Å². The third-order valence-electron chi connectivity index (χ3n) is 6.24. The van der Waals surface area contributed by atoms with Gasteiger partial charge in [0.2, 0.25) is 0 Å². The minimum atomic E-state index is -0.0880. The SMILES string of the molecule is CCCCCCc1c(CC)c2cc3c4c(c2oc1=O)CCCN4CCC3. The van der Waals surface area contributed by atoms with E-state index in [4.69, 9.17) is 4.42 Å². The van der Waals surface area contributed by atoms with Crippen molar-refractivity contribution in [2.24, 2.45) is 0 Å². The Labute approximate surface area is 156 Å². The summed E-state index contributed by atoms with van der Waals surface area (Å²) in [7, 11) is 0. The molecule has 0 radical (unpaired) electrons. The highest BCUT2D eigenvalue weighted by Crippen LogP contribution is 2.40. The average molecular weight is 354 g/mol. The molecule has 0 bridgehead atoms. The van der Waals surface area contributed by atoms with Crippen LogP contribution >= 0.6 is 0 Å². The number of rotatable bonds is 6. The Balaban J connectivity index is 1.85. The lowest BCUT2D eigenvalue weighted by molar-refractivity contribution is 0.533. The highest BCUT2D eigenvalue weighted by molar-refractivity contribution is 5.91. The van der Waals surface area contributed by atoms with E-state index in [0.717, 1.165) is 62.8 Å².